The predicted molar refractivity (Wildman–Crippen MR) is 53.0 cm³/mol. The number of benzene rings is 1. The third kappa shape index (κ3) is 2.33. The molecule has 1 aromatic carbocycles. The average Bonchev–Trinajstić information content (AvgIpc) is 2.20. The number of ether oxygens (including phenoxy) is 1. The SMILES string of the molecule is COC(c1ccccc1)C(C)C(=O)O. The van der Waals surface area contributed by atoms with Crippen molar-refractivity contribution >= 4 is 5.97 Å². The first-order valence-electron chi connectivity index (χ1n) is 4.47. The van der Waals surface area contributed by atoms with Crippen LogP contribution in [0.1, 0.15) is 18.6 Å². The molecule has 3 heteroatoms. The number of rotatable bonds is 4. The van der Waals surface area contributed by atoms with E-state index in [0.29, 0.717) is 0 Å². The molecule has 1 rings (SSSR count). The molecule has 0 radical (unpaired) electrons. The zero-order valence-corrected chi connectivity index (χ0v) is 8.31. The number of carboxylic acid groups (broad SMARTS) is 1. The van der Waals surface area contributed by atoms with E-state index in [4.69, 9.17) is 9.84 Å². The van der Waals surface area contributed by atoms with Crippen LogP contribution >= 0.6 is 0 Å². The molecule has 0 bridgehead atoms. The Morgan fingerprint density at radius 1 is 1.36 bits per heavy atom. The van der Waals surface area contributed by atoms with Gasteiger partial charge in [-0.15, -0.1) is 0 Å². The lowest BCUT2D eigenvalue weighted by Gasteiger charge is -2.19. The third-order valence-corrected chi connectivity index (χ3v) is 2.23. The molecule has 14 heavy (non-hydrogen) atoms. The van der Waals surface area contributed by atoms with Gasteiger partial charge in [-0.05, 0) is 12.5 Å². The fraction of sp³-hybridized carbons (Fsp3) is 0.364. The Kier molecular flexibility index (Phi) is 3.65. The van der Waals surface area contributed by atoms with Gasteiger partial charge in [-0.1, -0.05) is 30.3 Å². The molecule has 0 aliphatic heterocycles. The second-order valence-electron chi connectivity index (χ2n) is 3.19. The Bertz CT molecular complexity index is 295. The highest BCUT2D eigenvalue weighted by Gasteiger charge is 2.24. The summed E-state index contributed by atoms with van der Waals surface area (Å²) < 4.78 is 5.18. The van der Waals surface area contributed by atoms with Gasteiger partial charge < -0.3 is 9.84 Å². The summed E-state index contributed by atoms with van der Waals surface area (Å²) in [4.78, 5) is 10.8. The van der Waals surface area contributed by atoms with Gasteiger partial charge in [0.1, 0.15) is 0 Å². The third-order valence-electron chi connectivity index (χ3n) is 2.23. The molecule has 0 saturated carbocycles. The van der Waals surface area contributed by atoms with E-state index in [2.05, 4.69) is 0 Å². The van der Waals surface area contributed by atoms with Crippen LogP contribution in [0.15, 0.2) is 30.3 Å². The smallest absolute Gasteiger partial charge is 0.309 e. The Hall–Kier alpha value is -1.35. The second-order valence-corrected chi connectivity index (χ2v) is 3.19. The quantitative estimate of drug-likeness (QED) is 0.798. The van der Waals surface area contributed by atoms with E-state index >= 15 is 0 Å². The van der Waals surface area contributed by atoms with E-state index in [1.165, 1.54) is 7.11 Å². The van der Waals surface area contributed by atoms with Crippen molar-refractivity contribution in [3.63, 3.8) is 0 Å². The standard InChI is InChI=1S/C11H14O3/c1-8(11(12)13)10(14-2)9-6-4-3-5-7-9/h3-8,10H,1-2H3,(H,12,13). The minimum atomic E-state index is -0.847. The molecule has 0 spiro atoms. The van der Waals surface area contributed by atoms with Gasteiger partial charge >= 0.3 is 5.97 Å². The average molecular weight is 194 g/mol. The van der Waals surface area contributed by atoms with Gasteiger partial charge in [0.15, 0.2) is 0 Å². The Labute approximate surface area is 83.3 Å². The van der Waals surface area contributed by atoms with E-state index < -0.39 is 11.9 Å². The molecule has 0 aromatic heterocycles. The molecular weight excluding hydrogens is 180 g/mol. The summed E-state index contributed by atoms with van der Waals surface area (Å²) in [6.07, 6.45) is -0.381. The van der Waals surface area contributed by atoms with E-state index in [0.717, 1.165) is 5.56 Å². The first-order valence-corrected chi connectivity index (χ1v) is 4.47. The van der Waals surface area contributed by atoms with Gasteiger partial charge in [-0.25, -0.2) is 0 Å². The van der Waals surface area contributed by atoms with Gasteiger partial charge in [-0.3, -0.25) is 4.79 Å². The molecule has 0 amide bonds. The van der Waals surface area contributed by atoms with Gasteiger partial charge in [0.25, 0.3) is 0 Å². The molecule has 76 valence electrons. The Balaban J connectivity index is 2.87. The number of hydrogen-bond acceptors (Lipinski definition) is 2. The number of carboxylic acids is 1. The maximum atomic E-state index is 10.8. The maximum Gasteiger partial charge on any atom is 0.309 e. The fourth-order valence-electron chi connectivity index (χ4n) is 1.40. The normalized spacial score (nSPS) is 14.7. The summed E-state index contributed by atoms with van der Waals surface area (Å²) in [5.74, 6) is -1.39. The molecule has 2 atom stereocenters. The molecule has 0 saturated heterocycles. The molecule has 0 aliphatic rings. The number of carbonyl (C=O) groups is 1. The lowest BCUT2D eigenvalue weighted by Crippen LogP contribution is -2.20. The van der Waals surface area contributed by atoms with Crippen molar-refractivity contribution in [2.75, 3.05) is 7.11 Å². The highest BCUT2D eigenvalue weighted by molar-refractivity contribution is 5.70. The summed E-state index contributed by atoms with van der Waals surface area (Å²) >= 11 is 0. The van der Waals surface area contributed by atoms with E-state index in [-0.39, 0.29) is 6.10 Å². The van der Waals surface area contributed by atoms with Crippen LogP contribution in [-0.4, -0.2) is 18.2 Å². The van der Waals surface area contributed by atoms with Crippen molar-refractivity contribution < 1.29 is 14.6 Å². The summed E-state index contributed by atoms with van der Waals surface area (Å²) in [5.41, 5.74) is 0.893. The summed E-state index contributed by atoms with van der Waals surface area (Å²) in [7, 11) is 1.52. The van der Waals surface area contributed by atoms with Crippen molar-refractivity contribution in [2.45, 2.75) is 13.0 Å². The fourth-order valence-corrected chi connectivity index (χ4v) is 1.40. The molecule has 1 N–H and O–H groups in total. The monoisotopic (exact) mass is 194 g/mol. The van der Waals surface area contributed by atoms with Crippen molar-refractivity contribution in [1.29, 1.82) is 0 Å². The van der Waals surface area contributed by atoms with Gasteiger partial charge in [0.2, 0.25) is 0 Å². The minimum Gasteiger partial charge on any atom is -0.481 e. The topological polar surface area (TPSA) is 46.5 Å². The number of aliphatic carboxylic acids is 1. The van der Waals surface area contributed by atoms with Gasteiger partial charge in [-0.2, -0.15) is 0 Å². The summed E-state index contributed by atoms with van der Waals surface area (Å²) in [5, 5.41) is 8.86. The van der Waals surface area contributed by atoms with E-state index in [1.54, 1.807) is 6.92 Å². The van der Waals surface area contributed by atoms with Crippen LogP contribution in [0.4, 0.5) is 0 Å². The molecule has 0 aliphatic carbocycles. The van der Waals surface area contributed by atoms with Crippen LogP contribution in [0.3, 0.4) is 0 Å². The van der Waals surface area contributed by atoms with Crippen LogP contribution in [0, 0.1) is 5.92 Å². The second kappa shape index (κ2) is 4.77. The summed E-state index contributed by atoms with van der Waals surface area (Å²) in [6.45, 7) is 1.64. The molecule has 0 heterocycles. The first-order chi connectivity index (χ1) is 6.66. The number of methoxy groups -OCH3 is 1. The first kappa shape index (κ1) is 10.7. The lowest BCUT2D eigenvalue weighted by atomic mass is 9.97. The zero-order valence-electron chi connectivity index (χ0n) is 8.31. The Morgan fingerprint density at radius 3 is 2.36 bits per heavy atom. The zero-order chi connectivity index (χ0) is 10.6. The molecule has 0 fully saturated rings. The maximum absolute atomic E-state index is 10.8. The van der Waals surface area contributed by atoms with Crippen molar-refractivity contribution in [2.24, 2.45) is 5.92 Å². The molecule has 2 unspecified atom stereocenters. The van der Waals surface area contributed by atoms with E-state index in [9.17, 15) is 4.79 Å². The van der Waals surface area contributed by atoms with Crippen molar-refractivity contribution in [1.82, 2.24) is 0 Å². The minimum absolute atomic E-state index is 0.381. The molecule has 1 aromatic rings. The van der Waals surface area contributed by atoms with Crippen LogP contribution in [0.25, 0.3) is 0 Å². The number of hydrogen-bond donors (Lipinski definition) is 1. The Morgan fingerprint density at radius 2 is 1.93 bits per heavy atom. The largest absolute Gasteiger partial charge is 0.481 e. The molecule has 3 nitrogen and oxygen atoms in total. The van der Waals surface area contributed by atoms with Crippen LogP contribution in [0.5, 0.6) is 0 Å². The van der Waals surface area contributed by atoms with Crippen LogP contribution < -0.4 is 0 Å². The lowest BCUT2D eigenvalue weighted by molar-refractivity contribution is -0.146. The molecular formula is C11H14O3. The van der Waals surface area contributed by atoms with Gasteiger partial charge in [0, 0.05) is 7.11 Å². The van der Waals surface area contributed by atoms with Crippen LogP contribution in [0.2, 0.25) is 0 Å². The van der Waals surface area contributed by atoms with Crippen molar-refractivity contribution in [3.05, 3.63) is 35.9 Å². The predicted octanol–water partition coefficient (Wildman–Crippen LogP) is 2.09. The van der Waals surface area contributed by atoms with Crippen LogP contribution in [-0.2, 0) is 9.53 Å². The van der Waals surface area contributed by atoms with Crippen molar-refractivity contribution in [3.8, 4) is 0 Å². The highest BCUT2D eigenvalue weighted by atomic mass is 16.5. The van der Waals surface area contributed by atoms with Gasteiger partial charge in [0.05, 0.1) is 12.0 Å². The highest BCUT2D eigenvalue weighted by Crippen LogP contribution is 2.24. The van der Waals surface area contributed by atoms with E-state index in [1.807, 2.05) is 30.3 Å². The summed E-state index contributed by atoms with van der Waals surface area (Å²) in [6, 6.07) is 9.37.